The van der Waals surface area contributed by atoms with Crippen molar-refractivity contribution in [1.29, 1.82) is 0 Å². The number of rotatable bonds is 6. The molecule has 1 fully saturated rings. The molecule has 3 rings (SSSR count). The lowest BCUT2D eigenvalue weighted by atomic mass is 10.00. The quantitative estimate of drug-likeness (QED) is 0.806. The van der Waals surface area contributed by atoms with E-state index in [9.17, 15) is 4.79 Å². The largest absolute Gasteiger partial charge is 0.345 e. The molecule has 0 aromatic carbocycles. The first-order valence-corrected chi connectivity index (χ1v) is 8.14. The first kappa shape index (κ1) is 15.7. The second-order valence-corrected chi connectivity index (χ2v) is 5.89. The predicted molar refractivity (Wildman–Crippen MR) is 84.7 cm³/mol. The Kier molecular flexibility index (Phi) is 5.02. The van der Waals surface area contributed by atoms with E-state index in [0.717, 1.165) is 31.9 Å². The molecule has 0 saturated carbocycles. The average molecular weight is 317 g/mol. The van der Waals surface area contributed by atoms with Crippen molar-refractivity contribution >= 4 is 5.91 Å². The van der Waals surface area contributed by atoms with Crippen LogP contribution in [0.2, 0.25) is 0 Å². The Labute approximate surface area is 135 Å². The highest BCUT2D eigenvalue weighted by molar-refractivity contribution is 5.91. The fourth-order valence-corrected chi connectivity index (χ4v) is 2.88. The SMILES string of the molecule is CCn1cncc1CNC(=O)c1cn(C[C@H]2CCCNC2)nn1. The van der Waals surface area contributed by atoms with Gasteiger partial charge in [0.1, 0.15) is 0 Å². The van der Waals surface area contributed by atoms with Gasteiger partial charge in [-0.15, -0.1) is 5.10 Å². The maximum atomic E-state index is 12.2. The zero-order chi connectivity index (χ0) is 16.1. The van der Waals surface area contributed by atoms with E-state index in [1.54, 1.807) is 23.4 Å². The molecule has 1 saturated heterocycles. The van der Waals surface area contributed by atoms with E-state index in [4.69, 9.17) is 0 Å². The number of aromatic nitrogens is 5. The topological polar surface area (TPSA) is 89.7 Å². The lowest BCUT2D eigenvalue weighted by Gasteiger charge is -2.22. The summed E-state index contributed by atoms with van der Waals surface area (Å²) in [5.74, 6) is 0.349. The minimum absolute atomic E-state index is 0.207. The molecule has 2 aromatic heterocycles. The summed E-state index contributed by atoms with van der Waals surface area (Å²) in [4.78, 5) is 16.3. The van der Waals surface area contributed by atoms with E-state index in [2.05, 4.69) is 25.9 Å². The summed E-state index contributed by atoms with van der Waals surface area (Å²) < 4.78 is 3.76. The van der Waals surface area contributed by atoms with E-state index >= 15 is 0 Å². The molecule has 0 aliphatic carbocycles. The number of amides is 1. The first-order valence-electron chi connectivity index (χ1n) is 8.14. The molecule has 1 aliphatic rings. The molecule has 23 heavy (non-hydrogen) atoms. The maximum absolute atomic E-state index is 12.2. The zero-order valence-corrected chi connectivity index (χ0v) is 13.4. The predicted octanol–water partition coefficient (Wildman–Crippen LogP) is 0.424. The molecule has 0 spiro atoms. The summed E-state index contributed by atoms with van der Waals surface area (Å²) in [6.07, 6.45) is 7.63. The van der Waals surface area contributed by atoms with Crippen LogP contribution in [0.4, 0.5) is 0 Å². The van der Waals surface area contributed by atoms with Gasteiger partial charge in [0, 0.05) is 19.3 Å². The monoisotopic (exact) mass is 317 g/mol. The fraction of sp³-hybridized carbons (Fsp3) is 0.600. The molecule has 8 nitrogen and oxygen atoms in total. The summed E-state index contributed by atoms with van der Waals surface area (Å²) in [5.41, 5.74) is 1.33. The van der Waals surface area contributed by atoms with Crippen molar-refractivity contribution in [3.63, 3.8) is 0 Å². The Morgan fingerprint density at radius 1 is 1.52 bits per heavy atom. The number of carbonyl (C=O) groups is 1. The maximum Gasteiger partial charge on any atom is 0.273 e. The molecule has 124 valence electrons. The number of piperidine rings is 1. The van der Waals surface area contributed by atoms with Crippen LogP contribution in [-0.2, 0) is 19.6 Å². The van der Waals surface area contributed by atoms with Crippen molar-refractivity contribution in [2.75, 3.05) is 13.1 Å². The zero-order valence-electron chi connectivity index (χ0n) is 13.4. The van der Waals surface area contributed by atoms with Crippen molar-refractivity contribution in [1.82, 2.24) is 35.2 Å². The van der Waals surface area contributed by atoms with Gasteiger partial charge in [-0.05, 0) is 38.8 Å². The minimum Gasteiger partial charge on any atom is -0.345 e. The van der Waals surface area contributed by atoms with Crippen LogP contribution in [0.5, 0.6) is 0 Å². The van der Waals surface area contributed by atoms with Crippen LogP contribution in [0, 0.1) is 5.92 Å². The molecule has 0 radical (unpaired) electrons. The highest BCUT2D eigenvalue weighted by atomic mass is 16.2. The summed E-state index contributed by atoms with van der Waals surface area (Å²) in [6.45, 7) is 6.20. The van der Waals surface area contributed by atoms with E-state index in [1.807, 2.05) is 11.5 Å². The van der Waals surface area contributed by atoms with Crippen LogP contribution >= 0.6 is 0 Å². The number of imidazole rings is 1. The Morgan fingerprint density at radius 2 is 2.43 bits per heavy atom. The first-order chi connectivity index (χ1) is 11.3. The van der Waals surface area contributed by atoms with Gasteiger partial charge in [-0.1, -0.05) is 5.21 Å². The van der Waals surface area contributed by atoms with Crippen LogP contribution in [0.15, 0.2) is 18.7 Å². The van der Waals surface area contributed by atoms with Crippen molar-refractivity contribution in [3.8, 4) is 0 Å². The number of carbonyl (C=O) groups excluding carboxylic acids is 1. The number of nitrogens with one attached hydrogen (secondary N) is 2. The summed E-state index contributed by atoms with van der Waals surface area (Å²) in [5, 5.41) is 14.3. The normalized spacial score (nSPS) is 18.0. The van der Waals surface area contributed by atoms with E-state index in [0.29, 0.717) is 18.2 Å². The van der Waals surface area contributed by atoms with Crippen LogP contribution < -0.4 is 10.6 Å². The van der Waals surface area contributed by atoms with Gasteiger partial charge in [0.25, 0.3) is 5.91 Å². The molecule has 8 heteroatoms. The summed E-state index contributed by atoms with van der Waals surface area (Å²) in [6, 6.07) is 0. The Balaban J connectivity index is 1.53. The van der Waals surface area contributed by atoms with Gasteiger partial charge in [0.05, 0.1) is 24.8 Å². The van der Waals surface area contributed by atoms with Gasteiger partial charge in [-0.2, -0.15) is 0 Å². The molecule has 1 atom stereocenters. The number of hydrogen-bond acceptors (Lipinski definition) is 5. The van der Waals surface area contributed by atoms with Crippen LogP contribution in [0.25, 0.3) is 0 Å². The smallest absolute Gasteiger partial charge is 0.273 e. The van der Waals surface area contributed by atoms with Gasteiger partial charge in [0.15, 0.2) is 5.69 Å². The number of nitrogens with zero attached hydrogens (tertiary/aromatic N) is 5. The van der Waals surface area contributed by atoms with E-state index in [1.165, 1.54) is 12.8 Å². The Hall–Kier alpha value is -2.22. The standard InChI is InChI=1S/C15H23N7O/c1-2-21-11-17-7-13(21)8-18-15(23)14-10-22(20-19-14)9-12-4-3-5-16-6-12/h7,10-12,16H,2-6,8-9H2,1H3,(H,18,23)/t12-/m0/s1. The third kappa shape index (κ3) is 3.95. The molecule has 3 heterocycles. The van der Waals surface area contributed by atoms with Crippen molar-refractivity contribution in [3.05, 3.63) is 30.1 Å². The summed E-state index contributed by atoms with van der Waals surface area (Å²) >= 11 is 0. The molecule has 2 aromatic rings. The van der Waals surface area contributed by atoms with Crippen molar-refractivity contribution in [2.45, 2.75) is 39.4 Å². The Bertz CT molecular complexity index is 642. The van der Waals surface area contributed by atoms with E-state index < -0.39 is 0 Å². The van der Waals surface area contributed by atoms with Crippen LogP contribution in [0.1, 0.15) is 35.9 Å². The molecule has 2 N–H and O–H groups in total. The number of aryl methyl sites for hydroxylation is 1. The molecular weight excluding hydrogens is 294 g/mol. The second-order valence-electron chi connectivity index (χ2n) is 5.89. The van der Waals surface area contributed by atoms with Gasteiger partial charge >= 0.3 is 0 Å². The highest BCUT2D eigenvalue weighted by Crippen LogP contribution is 2.12. The molecule has 1 aliphatic heterocycles. The number of hydrogen-bond donors (Lipinski definition) is 2. The van der Waals surface area contributed by atoms with Crippen LogP contribution in [-0.4, -0.2) is 43.5 Å². The molecule has 0 bridgehead atoms. The second kappa shape index (κ2) is 7.36. The average Bonchev–Trinajstić information content (AvgIpc) is 3.22. The minimum atomic E-state index is -0.207. The van der Waals surface area contributed by atoms with Gasteiger partial charge < -0.3 is 15.2 Å². The highest BCUT2D eigenvalue weighted by Gasteiger charge is 2.16. The molecular formula is C15H23N7O. The Morgan fingerprint density at radius 3 is 3.22 bits per heavy atom. The van der Waals surface area contributed by atoms with Crippen molar-refractivity contribution in [2.24, 2.45) is 5.92 Å². The lowest BCUT2D eigenvalue weighted by molar-refractivity contribution is 0.0945. The van der Waals surface area contributed by atoms with Gasteiger partial charge in [-0.3, -0.25) is 9.48 Å². The third-order valence-corrected chi connectivity index (χ3v) is 4.18. The van der Waals surface area contributed by atoms with Crippen molar-refractivity contribution < 1.29 is 4.79 Å². The van der Waals surface area contributed by atoms with Gasteiger partial charge in [-0.25, -0.2) is 4.98 Å². The molecule has 1 amide bonds. The fourth-order valence-electron chi connectivity index (χ4n) is 2.88. The lowest BCUT2D eigenvalue weighted by Crippen LogP contribution is -2.32. The van der Waals surface area contributed by atoms with E-state index in [-0.39, 0.29) is 5.91 Å². The molecule has 0 unspecified atom stereocenters. The van der Waals surface area contributed by atoms with Crippen LogP contribution in [0.3, 0.4) is 0 Å². The summed E-state index contributed by atoms with van der Waals surface area (Å²) in [7, 11) is 0. The van der Waals surface area contributed by atoms with Gasteiger partial charge in [0.2, 0.25) is 0 Å². The third-order valence-electron chi connectivity index (χ3n) is 4.18.